The molecule has 0 aromatic carbocycles. The molecule has 0 N–H and O–H groups in total. The van der Waals surface area contributed by atoms with Crippen LogP contribution in [-0.4, -0.2) is 18.7 Å². The van der Waals surface area contributed by atoms with Gasteiger partial charge in [-0.05, 0) is 6.92 Å². The zero-order valence-corrected chi connectivity index (χ0v) is 9.92. The first kappa shape index (κ1) is 11.3. The molecule has 2 aromatic heterocycles. The van der Waals surface area contributed by atoms with Crippen LogP contribution in [0.4, 0.5) is 0 Å². The summed E-state index contributed by atoms with van der Waals surface area (Å²) in [4.78, 5) is 15.5. The fourth-order valence-corrected chi connectivity index (χ4v) is 1.47. The van der Waals surface area contributed by atoms with Crippen molar-refractivity contribution in [2.45, 2.75) is 20.0 Å². The molecule has 2 rings (SSSR count). The lowest BCUT2D eigenvalue weighted by Crippen LogP contribution is -2.21. The lowest BCUT2D eigenvalue weighted by atomic mass is 10.5. The summed E-state index contributed by atoms with van der Waals surface area (Å²) in [5, 5.41) is 0. The number of aromatic nitrogens is 4. The summed E-state index contributed by atoms with van der Waals surface area (Å²) >= 11 is 0. The fraction of sp³-hybridized carbons (Fsp3) is 0.333. The molecule has 0 fully saturated rings. The van der Waals surface area contributed by atoms with Gasteiger partial charge in [-0.1, -0.05) is 11.8 Å². The molecule has 0 radical (unpaired) electrons. The van der Waals surface area contributed by atoms with E-state index in [9.17, 15) is 4.79 Å². The van der Waals surface area contributed by atoms with Crippen molar-refractivity contribution in [1.29, 1.82) is 0 Å². The Labute approximate surface area is 99.3 Å². The van der Waals surface area contributed by atoms with Gasteiger partial charge in [0.2, 0.25) is 0 Å². The van der Waals surface area contributed by atoms with E-state index in [1.807, 2.05) is 11.5 Å². The Hall–Kier alpha value is -2.22. The normalized spacial score (nSPS) is 10.0. The van der Waals surface area contributed by atoms with Crippen LogP contribution in [-0.2, 0) is 20.1 Å². The average molecular weight is 230 g/mol. The van der Waals surface area contributed by atoms with Crippen molar-refractivity contribution in [2.24, 2.45) is 7.05 Å². The van der Waals surface area contributed by atoms with Crippen molar-refractivity contribution in [3.63, 3.8) is 0 Å². The Morgan fingerprint density at radius 3 is 2.47 bits per heavy atom. The topological polar surface area (TPSA) is 44.8 Å². The van der Waals surface area contributed by atoms with E-state index >= 15 is 0 Å². The maximum absolute atomic E-state index is 11.5. The maximum atomic E-state index is 11.5. The van der Waals surface area contributed by atoms with Crippen LogP contribution in [0.2, 0.25) is 0 Å². The van der Waals surface area contributed by atoms with Gasteiger partial charge in [0.15, 0.2) is 0 Å². The van der Waals surface area contributed by atoms with Crippen LogP contribution in [0, 0.1) is 18.8 Å². The largest absolute Gasteiger partial charge is 0.328 e. The quantitative estimate of drug-likeness (QED) is 0.701. The van der Waals surface area contributed by atoms with Crippen molar-refractivity contribution in [3.05, 3.63) is 41.1 Å². The van der Waals surface area contributed by atoms with E-state index in [1.165, 1.54) is 4.57 Å². The summed E-state index contributed by atoms with van der Waals surface area (Å²) in [6.45, 7) is 3.01. The zero-order valence-electron chi connectivity index (χ0n) is 9.92. The predicted molar refractivity (Wildman–Crippen MR) is 64.4 cm³/mol. The lowest BCUT2D eigenvalue weighted by molar-refractivity contribution is 0.738. The molecule has 0 atom stereocenters. The average Bonchev–Trinajstić information content (AvgIpc) is 2.85. The first-order chi connectivity index (χ1) is 8.18. The highest BCUT2D eigenvalue weighted by Crippen LogP contribution is 1.94. The van der Waals surface area contributed by atoms with Gasteiger partial charge in [0, 0.05) is 31.3 Å². The van der Waals surface area contributed by atoms with E-state index in [4.69, 9.17) is 0 Å². The molecule has 0 amide bonds. The number of imidazole rings is 2. The smallest absolute Gasteiger partial charge is 0.323 e. The number of aryl methyl sites for hydroxylation is 2. The van der Waals surface area contributed by atoms with Gasteiger partial charge in [-0.15, -0.1) is 0 Å². The van der Waals surface area contributed by atoms with Gasteiger partial charge in [0.25, 0.3) is 0 Å². The maximum Gasteiger partial charge on any atom is 0.328 e. The second-order valence-corrected chi connectivity index (χ2v) is 3.84. The van der Waals surface area contributed by atoms with Gasteiger partial charge < -0.3 is 9.13 Å². The summed E-state index contributed by atoms with van der Waals surface area (Å²) in [6.07, 6.45) is 7.01. The fourth-order valence-electron chi connectivity index (χ4n) is 1.47. The SMILES string of the molecule is Cc1cncn1CC#CCn1ccn(C)c1=O. The summed E-state index contributed by atoms with van der Waals surface area (Å²) in [6, 6.07) is 0. The minimum atomic E-state index is -0.0434. The molecule has 0 aliphatic carbocycles. The van der Waals surface area contributed by atoms with Crippen molar-refractivity contribution >= 4 is 0 Å². The first-order valence-corrected chi connectivity index (χ1v) is 5.32. The summed E-state index contributed by atoms with van der Waals surface area (Å²) in [7, 11) is 1.72. The molecule has 0 saturated carbocycles. The number of rotatable bonds is 2. The molecule has 0 bridgehead atoms. The molecule has 0 spiro atoms. The molecule has 5 nitrogen and oxygen atoms in total. The van der Waals surface area contributed by atoms with Crippen LogP contribution in [0.15, 0.2) is 29.7 Å². The highest BCUT2D eigenvalue weighted by molar-refractivity contribution is 5.04. The Bertz CT molecular complexity index is 621. The third-order valence-electron chi connectivity index (χ3n) is 2.56. The zero-order chi connectivity index (χ0) is 12.3. The van der Waals surface area contributed by atoms with Gasteiger partial charge in [-0.2, -0.15) is 0 Å². The second-order valence-electron chi connectivity index (χ2n) is 3.84. The molecule has 0 unspecified atom stereocenters. The third-order valence-corrected chi connectivity index (χ3v) is 2.56. The van der Waals surface area contributed by atoms with Gasteiger partial charge in [-0.25, -0.2) is 9.78 Å². The molecule has 2 heterocycles. The van der Waals surface area contributed by atoms with Crippen LogP contribution in [0.5, 0.6) is 0 Å². The van der Waals surface area contributed by atoms with Crippen LogP contribution in [0.25, 0.3) is 0 Å². The van der Waals surface area contributed by atoms with E-state index in [-0.39, 0.29) is 5.69 Å². The summed E-state index contributed by atoms with van der Waals surface area (Å²) < 4.78 is 5.07. The van der Waals surface area contributed by atoms with Gasteiger partial charge >= 0.3 is 5.69 Å². The third kappa shape index (κ3) is 2.48. The molecular formula is C12H14N4O. The summed E-state index contributed by atoms with van der Waals surface area (Å²) in [5.74, 6) is 5.99. The molecule has 2 aromatic rings. The van der Waals surface area contributed by atoms with Gasteiger partial charge in [0.1, 0.15) is 0 Å². The number of hydrogen-bond acceptors (Lipinski definition) is 2. The Kier molecular flexibility index (Phi) is 3.15. The minimum Gasteiger partial charge on any atom is -0.323 e. The molecular weight excluding hydrogens is 216 g/mol. The van der Waals surface area contributed by atoms with Crippen LogP contribution in [0.3, 0.4) is 0 Å². The molecule has 0 aliphatic heterocycles. The monoisotopic (exact) mass is 230 g/mol. The molecule has 17 heavy (non-hydrogen) atoms. The number of hydrogen-bond donors (Lipinski definition) is 0. The van der Waals surface area contributed by atoms with Crippen LogP contribution >= 0.6 is 0 Å². The second kappa shape index (κ2) is 4.74. The van der Waals surface area contributed by atoms with Crippen molar-refractivity contribution in [1.82, 2.24) is 18.7 Å². The first-order valence-electron chi connectivity index (χ1n) is 5.32. The van der Waals surface area contributed by atoms with E-state index in [0.29, 0.717) is 13.1 Å². The van der Waals surface area contributed by atoms with Crippen LogP contribution < -0.4 is 5.69 Å². The Balaban J connectivity index is 1.98. The highest BCUT2D eigenvalue weighted by Gasteiger charge is 1.96. The van der Waals surface area contributed by atoms with Gasteiger partial charge in [-0.3, -0.25) is 4.57 Å². The van der Waals surface area contributed by atoms with Gasteiger partial charge in [0.05, 0.1) is 19.4 Å². The van der Waals surface area contributed by atoms with Crippen molar-refractivity contribution in [2.75, 3.05) is 0 Å². The Morgan fingerprint density at radius 2 is 1.94 bits per heavy atom. The van der Waals surface area contributed by atoms with E-state index in [1.54, 1.807) is 36.5 Å². The summed E-state index contributed by atoms with van der Waals surface area (Å²) in [5.41, 5.74) is 1.04. The van der Waals surface area contributed by atoms with E-state index in [0.717, 1.165) is 5.69 Å². The van der Waals surface area contributed by atoms with Crippen molar-refractivity contribution < 1.29 is 0 Å². The van der Waals surface area contributed by atoms with Crippen LogP contribution in [0.1, 0.15) is 5.69 Å². The molecule has 0 aliphatic rings. The predicted octanol–water partition coefficient (Wildman–Crippen LogP) is 0.395. The highest BCUT2D eigenvalue weighted by atomic mass is 16.1. The number of nitrogens with zero attached hydrogens (tertiary/aromatic N) is 4. The van der Waals surface area contributed by atoms with E-state index in [2.05, 4.69) is 16.8 Å². The molecule has 88 valence electrons. The van der Waals surface area contributed by atoms with E-state index < -0.39 is 0 Å². The molecule has 0 saturated heterocycles. The minimum absolute atomic E-state index is 0.0434. The Morgan fingerprint density at radius 1 is 1.24 bits per heavy atom. The standard InChI is InChI=1S/C12H14N4O/c1-11-9-13-10-16(11)6-4-3-5-15-8-7-14(2)12(15)17/h7-10H,5-6H2,1-2H3. The van der Waals surface area contributed by atoms with Crippen molar-refractivity contribution in [3.8, 4) is 11.8 Å². The lowest BCUT2D eigenvalue weighted by Gasteiger charge is -1.96. The molecule has 5 heteroatoms.